The highest BCUT2D eigenvalue weighted by atomic mass is 14.8. The molecule has 0 fully saturated rings. The molecule has 1 aliphatic rings. The van der Waals surface area contributed by atoms with E-state index in [1.54, 1.807) is 0 Å². The van der Waals surface area contributed by atoms with E-state index in [0.29, 0.717) is 0 Å². The molecule has 0 N–H and O–H groups in total. The first kappa shape index (κ1) is 24.6. The fourth-order valence-corrected chi connectivity index (χ4v) is 7.80. The van der Waals surface area contributed by atoms with E-state index >= 15 is 0 Å². The fourth-order valence-electron chi connectivity index (χ4n) is 7.80. The third-order valence-electron chi connectivity index (χ3n) is 9.86. The lowest BCUT2D eigenvalue weighted by atomic mass is 9.83. The molecule has 1 aliphatic heterocycles. The second-order valence-corrected chi connectivity index (χ2v) is 12.2. The predicted octanol–water partition coefficient (Wildman–Crippen LogP) is 11.9. The highest BCUT2D eigenvalue weighted by Gasteiger charge is 2.23. The van der Waals surface area contributed by atoms with Crippen molar-refractivity contribution in [1.29, 1.82) is 0 Å². The van der Waals surface area contributed by atoms with Crippen LogP contribution in [0.15, 0.2) is 157 Å². The van der Waals surface area contributed by atoms with Crippen LogP contribution >= 0.6 is 0 Å². The first-order valence-corrected chi connectivity index (χ1v) is 15.7. The van der Waals surface area contributed by atoms with Gasteiger partial charge in [0, 0.05) is 12.0 Å². The summed E-state index contributed by atoms with van der Waals surface area (Å²) in [6, 6.07) is 55.8. The van der Waals surface area contributed by atoms with Crippen LogP contribution in [0.1, 0.15) is 11.1 Å². The highest BCUT2D eigenvalue weighted by molar-refractivity contribution is 6.32. The van der Waals surface area contributed by atoms with Gasteiger partial charge in [-0.3, -0.25) is 4.99 Å². The average molecular weight is 570 g/mol. The molecule has 1 nitrogen and oxygen atoms in total. The normalized spacial score (nSPS) is 12.9. The molecule has 1 heteroatoms. The molecule has 45 heavy (non-hydrogen) atoms. The van der Waals surface area contributed by atoms with Crippen molar-refractivity contribution in [2.75, 3.05) is 0 Å². The minimum absolute atomic E-state index is 0.844. The Morgan fingerprint density at radius 2 is 0.911 bits per heavy atom. The Bertz CT molecular complexity index is 2660. The smallest absolute Gasteiger partial charge is 0.0669 e. The molecule has 208 valence electrons. The quantitative estimate of drug-likeness (QED) is 0.188. The number of nitrogens with zero attached hydrogens (tertiary/aromatic N) is 1. The lowest BCUT2D eigenvalue weighted by Gasteiger charge is -2.20. The molecule has 0 atom stereocenters. The molecule has 0 spiro atoms. The minimum atomic E-state index is 0.844. The summed E-state index contributed by atoms with van der Waals surface area (Å²) >= 11 is 0. The van der Waals surface area contributed by atoms with Crippen LogP contribution in [0.4, 0.5) is 5.69 Å². The Morgan fingerprint density at radius 1 is 0.356 bits per heavy atom. The number of para-hydroxylation sites is 1. The standard InChI is InChI=1S/C44H27N/c1-4-14-31-27(9-1)12-7-16-33(31)35-21-19-29-20-22-37-39(34-17-8-13-28-10-2-5-15-32(28)34)26-40(38-24-23-36(35)43(29)44(37)38)42-25-30-11-3-6-18-41(30)45-42/h1-24,26H,25H2. The highest BCUT2D eigenvalue weighted by Crippen LogP contribution is 2.46. The lowest BCUT2D eigenvalue weighted by molar-refractivity contribution is 1.39. The molecular weight excluding hydrogens is 542 g/mol. The number of aliphatic imine (C=N–C) groups is 1. The molecule has 9 aromatic rings. The van der Waals surface area contributed by atoms with E-state index in [9.17, 15) is 0 Å². The van der Waals surface area contributed by atoms with Crippen LogP contribution in [-0.2, 0) is 6.42 Å². The van der Waals surface area contributed by atoms with Gasteiger partial charge in [0.25, 0.3) is 0 Å². The molecule has 1 heterocycles. The first-order chi connectivity index (χ1) is 22.3. The molecule has 0 bridgehead atoms. The van der Waals surface area contributed by atoms with Crippen molar-refractivity contribution in [3.63, 3.8) is 0 Å². The maximum atomic E-state index is 5.22. The van der Waals surface area contributed by atoms with Gasteiger partial charge in [-0.1, -0.05) is 140 Å². The summed E-state index contributed by atoms with van der Waals surface area (Å²) in [4.78, 5) is 5.22. The number of hydrogen-bond acceptors (Lipinski definition) is 1. The topological polar surface area (TPSA) is 12.4 Å². The molecule has 0 amide bonds. The number of hydrogen-bond donors (Lipinski definition) is 0. The van der Waals surface area contributed by atoms with Crippen LogP contribution < -0.4 is 0 Å². The fraction of sp³-hybridized carbons (Fsp3) is 0.0227. The van der Waals surface area contributed by atoms with Gasteiger partial charge >= 0.3 is 0 Å². The lowest BCUT2D eigenvalue weighted by Crippen LogP contribution is -2.03. The summed E-state index contributed by atoms with van der Waals surface area (Å²) in [5.74, 6) is 0. The molecule has 0 saturated carbocycles. The van der Waals surface area contributed by atoms with Gasteiger partial charge in [-0.15, -0.1) is 0 Å². The monoisotopic (exact) mass is 569 g/mol. The van der Waals surface area contributed by atoms with Gasteiger partial charge in [-0.25, -0.2) is 0 Å². The predicted molar refractivity (Wildman–Crippen MR) is 192 cm³/mol. The van der Waals surface area contributed by atoms with Crippen molar-refractivity contribution in [3.05, 3.63) is 163 Å². The van der Waals surface area contributed by atoms with Crippen molar-refractivity contribution in [2.24, 2.45) is 4.99 Å². The Morgan fingerprint density at radius 3 is 1.67 bits per heavy atom. The summed E-state index contributed by atoms with van der Waals surface area (Å²) < 4.78 is 0. The van der Waals surface area contributed by atoms with Crippen molar-refractivity contribution < 1.29 is 0 Å². The summed E-state index contributed by atoms with van der Waals surface area (Å²) in [6.07, 6.45) is 0.844. The van der Waals surface area contributed by atoms with Crippen molar-refractivity contribution in [3.8, 4) is 22.3 Å². The average Bonchev–Trinajstić information content (AvgIpc) is 3.54. The molecule has 0 aliphatic carbocycles. The third-order valence-corrected chi connectivity index (χ3v) is 9.86. The van der Waals surface area contributed by atoms with Crippen LogP contribution in [0, 0.1) is 0 Å². The van der Waals surface area contributed by atoms with Crippen molar-refractivity contribution in [1.82, 2.24) is 0 Å². The minimum Gasteiger partial charge on any atom is -0.252 e. The Labute approximate surface area is 261 Å². The van der Waals surface area contributed by atoms with Gasteiger partial charge in [0.2, 0.25) is 0 Å². The van der Waals surface area contributed by atoms with Crippen LogP contribution in [0.25, 0.3) is 76.1 Å². The third kappa shape index (κ3) is 3.59. The van der Waals surface area contributed by atoms with Gasteiger partial charge in [-0.05, 0) is 93.8 Å². The molecule has 0 aromatic heterocycles. The zero-order valence-electron chi connectivity index (χ0n) is 24.6. The zero-order valence-corrected chi connectivity index (χ0v) is 24.6. The number of benzene rings is 9. The second kappa shape index (κ2) is 9.35. The Balaban J connectivity index is 1.34. The van der Waals surface area contributed by atoms with Crippen LogP contribution in [0.2, 0.25) is 0 Å². The maximum absolute atomic E-state index is 5.22. The van der Waals surface area contributed by atoms with E-state index < -0.39 is 0 Å². The van der Waals surface area contributed by atoms with E-state index in [2.05, 4.69) is 152 Å². The van der Waals surface area contributed by atoms with Gasteiger partial charge in [0.1, 0.15) is 0 Å². The van der Waals surface area contributed by atoms with Gasteiger partial charge in [0.15, 0.2) is 0 Å². The van der Waals surface area contributed by atoms with E-state index in [4.69, 9.17) is 4.99 Å². The summed E-state index contributed by atoms with van der Waals surface area (Å²) in [7, 11) is 0. The SMILES string of the molecule is c1ccc2c(c1)CC(c1cc(-c3cccc4ccccc34)c3ccc4ccc(-c5cccc6ccccc56)c5ccc1c3c45)=N2. The zero-order chi connectivity index (χ0) is 29.5. The number of fused-ring (bicyclic) bond motifs is 3. The van der Waals surface area contributed by atoms with E-state index in [1.807, 2.05) is 0 Å². The Hall–Kier alpha value is -5.79. The van der Waals surface area contributed by atoms with Gasteiger partial charge < -0.3 is 0 Å². The summed E-state index contributed by atoms with van der Waals surface area (Å²) in [5, 5.41) is 12.8. The molecule has 0 unspecified atom stereocenters. The van der Waals surface area contributed by atoms with Gasteiger partial charge in [-0.2, -0.15) is 0 Å². The Kier molecular flexibility index (Phi) is 5.12. The van der Waals surface area contributed by atoms with Crippen molar-refractivity contribution >= 4 is 65.3 Å². The van der Waals surface area contributed by atoms with E-state index in [-0.39, 0.29) is 0 Å². The van der Waals surface area contributed by atoms with Crippen LogP contribution in [-0.4, -0.2) is 5.71 Å². The number of rotatable bonds is 3. The second-order valence-electron chi connectivity index (χ2n) is 12.2. The molecule has 0 saturated heterocycles. The van der Waals surface area contributed by atoms with E-state index in [0.717, 1.165) is 17.8 Å². The first-order valence-electron chi connectivity index (χ1n) is 15.7. The molecule has 0 radical (unpaired) electrons. The van der Waals surface area contributed by atoms with Crippen LogP contribution in [0.5, 0.6) is 0 Å². The van der Waals surface area contributed by atoms with Crippen LogP contribution in [0.3, 0.4) is 0 Å². The molecule has 10 rings (SSSR count). The van der Waals surface area contributed by atoms with Gasteiger partial charge in [0.05, 0.1) is 11.4 Å². The molecular formula is C44H27N. The maximum Gasteiger partial charge on any atom is 0.0669 e. The van der Waals surface area contributed by atoms with E-state index in [1.165, 1.54) is 87.2 Å². The largest absolute Gasteiger partial charge is 0.252 e. The van der Waals surface area contributed by atoms with Crippen molar-refractivity contribution in [2.45, 2.75) is 6.42 Å². The molecule has 9 aromatic carbocycles. The summed E-state index contributed by atoms with van der Waals surface area (Å²) in [6.45, 7) is 0. The summed E-state index contributed by atoms with van der Waals surface area (Å²) in [5.41, 5.74) is 9.82.